The molecular formula is C22H21F3N4O3. The Labute approximate surface area is 182 Å². The maximum atomic E-state index is 13.8. The van der Waals surface area contributed by atoms with Gasteiger partial charge >= 0.3 is 0 Å². The van der Waals surface area contributed by atoms with E-state index in [1.165, 1.54) is 4.90 Å². The SMILES string of the molecule is CCCN(CC(=O)Nc1ccc(F)c(F)c1F)C(=O)C1=NN(c2ccccc2)C(=O)CC1. The summed E-state index contributed by atoms with van der Waals surface area (Å²) in [5, 5.41) is 7.49. The standard InChI is InChI=1S/C22H21F3N4O3/c1-2-12-28(13-18(30)26-16-9-8-15(23)20(24)21(16)25)22(32)17-10-11-19(31)29(27-17)14-6-4-3-5-7-14/h3-9H,2,10-13H2,1H3,(H,26,30). The summed E-state index contributed by atoms with van der Waals surface area (Å²) >= 11 is 0. The minimum atomic E-state index is -1.70. The summed E-state index contributed by atoms with van der Waals surface area (Å²) in [5.74, 6) is -6.20. The molecule has 1 aliphatic rings. The predicted octanol–water partition coefficient (Wildman–Crippen LogP) is 3.46. The second-order valence-electron chi connectivity index (χ2n) is 7.09. The third-order valence-electron chi connectivity index (χ3n) is 4.70. The van der Waals surface area contributed by atoms with Gasteiger partial charge in [0.2, 0.25) is 11.8 Å². The number of amides is 3. The number of hydrogen-bond donors (Lipinski definition) is 1. The molecule has 10 heteroatoms. The van der Waals surface area contributed by atoms with E-state index in [2.05, 4.69) is 10.4 Å². The lowest BCUT2D eigenvalue weighted by molar-refractivity contribution is -0.129. The van der Waals surface area contributed by atoms with Crippen molar-refractivity contribution in [3.8, 4) is 0 Å². The van der Waals surface area contributed by atoms with Crippen molar-refractivity contribution in [3.05, 3.63) is 59.9 Å². The summed E-state index contributed by atoms with van der Waals surface area (Å²) in [7, 11) is 0. The molecule has 168 valence electrons. The molecule has 0 bridgehead atoms. The summed E-state index contributed by atoms with van der Waals surface area (Å²) in [6, 6.07) is 10.2. The zero-order chi connectivity index (χ0) is 23.3. The second kappa shape index (κ2) is 10.1. The van der Waals surface area contributed by atoms with Gasteiger partial charge in [0, 0.05) is 19.4 Å². The highest BCUT2D eigenvalue weighted by atomic mass is 19.2. The number of nitrogens with one attached hydrogen (secondary N) is 1. The van der Waals surface area contributed by atoms with Crippen LogP contribution >= 0.6 is 0 Å². The molecule has 0 spiro atoms. The maximum Gasteiger partial charge on any atom is 0.270 e. The summed E-state index contributed by atoms with van der Waals surface area (Å²) < 4.78 is 40.3. The minimum Gasteiger partial charge on any atom is -0.328 e. The van der Waals surface area contributed by atoms with Crippen molar-refractivity contribution in [2.45, 2.75) is 26.2 Å². The Kier molecular flexibility index (Phi) is 7.24. The molecule has 2 aromatic rings. The molecule has 1 heterocycles. The molecule has 3 amide bonds. The largest absolute Gasteiger partial charge is 0.328 e. The van der Waals surface area contributed by atoms with Crippen molar-refractivity contribution in [1.82, 2.24) is 4.90 Å². The molecule has 0 aromatic heterocycles. The lowest BCUT2D eigenvalue weighted by Crippen LogP contribution is -2.45. The van der Waals surface area contributed by atoms with Crippen molar-refractivity contribution in [1.29, 1.82) is 0 Å². The molecule has 0 atom stereocenters. The van der Waals surface area contributed by atoms with Crippen LogP contribution in [-0.4, -0.2) is 41.4 Å². The number of carbonyl (C=O) groups is 3. The molecule has 0 saturated heterocycles. The van der Waals surface area contributed by atoms with Crippen LogP contribution < -0.4 is 10.3 Å². The third-order valence-corrected chi connectivity index (χ3v) is 4.70. The van der Waals surface area contributed by atoms with Gasteiger partial charge in [-0.2, -0.15) is 5.10 Å². The highest BCUT2D eigenvalue weighted by molar-refractivity contribution is 6.40. The Morgan fingerprint density at radius 3 is 2.47 bits per heavy atom. The number of para-hydroxylation sites is 1. The lowest BCUT2D eigenvalue weighted by Gasteiger charge is -2.27. The fraction of sp³-hybridized carbons (Fsp3) is 0.273. The number of hydrogen-bond acceptors (Lipinski definition) is 4. The van der Waals surface area contributed by atoms with Gasteiger partial charge in [0.05, 0.1) is 11.4 Å². The maximum absolute atomic E-state index is 13.8. The zero-order valence-electron chi connectivity index (χ0n) is 17.3. The Morgan fingerprint density at radius 1 is 1.06 bits per heavy atom. The molecule has 32 heavy (non-hydrogen) atoms. The van der Waals surface area contributed by atoms with Gasteiger partial charge in [0.25, 0.3) is 5.91 Å². The number of halogens is 3. The van der Waals surface area contributed by atoms with E-state index in [0.717, 1.165) is 11.1 Å². The zero-order valence-corrected chi connectivity index (χ0v) is 17.3. The fourth-order valence-electron chi connectivity index (χ4n) is 3.17. The number of hydrazone groups is 1. The van der Waals surface area contributed by atoms with E-state index in [0.29, 0.717) is 18.2 Å². The van der Waals surface area contributed by atoms with Gasteiger partial charge in [-0.05, 0) is 30.7 Å². The van der Waals surface area contributed by atoms with E-state index in [-0.39, 0.29) is 31.0 Å². The van der Waals surface area contributed by atoms with Crippen LogP contribution in [0.1, 0.15) is 26.2 Å². The molecule has 1 aliphatic heterocycles. The molecule has 2 aromatic carbocycles. The number of benzene rings is 2. The van der Waals surface area contributed by atoms with E-state index in [9.17, 15) is 27.6 Å². The number of rotatable bonds is 7. The number of nitrogens with zero attached hydrogens (tertiary/aromatic N) is 3. The first-order chi connectivity index (χ1) is 15.3. The van der Waals surface area contributed by atoms with E-state index in [1.807, 2.05) is 0 Å². The first kappa shape index (κ1) is 23.0. The van der Waals surface area contributed by atoms with Crippen molar-refractivity contribution >= 4 is 34.8 Å². The molecule has 7 nitrogen and oxygen atoms in total. The molecule has 1 N–H and O–H groups in total. The molecule has 0 saturated carbocycles. The summed E-state index contributed by atoms with van der Waals surface area (Å²) in [6.07, 6.45) is 0.708. The molecule has 0 unspecified atom stereocenters. The number of carbonyl (C=O) groups excluding carboxylic acids is 3. The lowest BCUT2D eigenvalue weighted by atomic mass is 10.1. The first-order valence-electron chi connectivity index (χ1n) is 10.00. The van der Waals surface area contributed by atoms with Gasteiger partial charge in [-0.3, -0.25) is 14.4 Å². The summed E-state index contributed by atoms with van der Waals surface area (Å²) in [4.78, 5) is 38.9. The van der Waals surface area contributed by atoms with Crippen molar-refractivity contribution < 1.29 is 27.6 Å². The van der Waals surface area contributed by atoms with E-state index in [4.69, 9.17) is 0 Å². The van der Waals surface area contributed by atoms with Crippen LogP contribution in [-0.2, 0) is 14.4 Å². The highest BCUT2D eigenvalue weighted by Crippen LogP contribution is 2.21. The van der Waals surface area contributed by atoms with Gasteiger partial charge in [-0.25, -0.2) is 18.2 Å². The summed E-state index contributed by atoms with van der Waals surface area (Å²) in [5.41, 5.74) is 0.0819. The van der Waals surface area contributed by atoms with Gasteiger partial charge < -0.3 is 10.2 Å². The fourth-order valence-corrected chi connectivity index (χ4v) is 3.17. The quantitative estimate of drug-likeness (QED) is 0.662. The van der Waals surface area contributed by atoms with Crippen LogP contribution in [0.4, 0.5) is 24.5 Å². The molecule has 0 fully saturated rings. The van der Waals surface area contributed by atoms with E-state index >= 15 is 0 Å². The molecular weight excluding hydrogens is 425 g/mol. The van der Waals surface area contributed by atoms with Gasteiger partial charge in [0.1, 0.15) is 12.3 Å². The topological polar surface area (TPSA) is 82.1 Å². The smallest absolute Gasteiger partial charge is 0.270 e. The second-order valence-corrected chi connectivity index (χ2v) is 7.09. The monoisotopic (exact) mass is 446 g/mol. The van der Waals surface area contributed by atoms with Crippen LogP contribution in [0.15, 0.2) is 47.6 Å². The Bertz CT molecular complexity index is 1060. The average Bonchev–Trinajstić information content (AvgIpc) is 2.79. The van der Waals surface area contributed by atoms with Crippen LogP contribution in [0, 0.1) is 17.5 Å². The van der Waals surface area contributed by atoms with Crippen LogP contribution in [0.5, 0.6) is 0 Å². The van der Waals surface area contributed by atoms with Crippen LogP contribution in [0.25, 0.3) is 0 Å². The Morgan fingerprint density at radius 2 is 1.78 bits per heavy atom. The predicted molar refractivity (Wildman–Crippen MR) is 112 cm³/mol. The third kappa shape index (κ3) is 5.13. The van der Waals surface area contributed by atoms with Crippen molar-refractivity contribution in [2.24, 2.45) is 5.10 Å². The van der Waals surface area contributed by atoms with E-state index in [1.54, 1.807) is 37.3 Å². The average molecular weight is 446 g/mol. The van der Waals surface area contributed by atoms with Crippen LogP contribution in [0.2, 0.25) is 0 Å². The van der Waals surface area contributed by atoms with Gasteiger partial charge in [0.15, 0.2) is 17.5 Å². The van der Waals surface area contributed by atoms with Gasteiger partial charge in [-0.15, -0.1) is 0 Å². The molecule has 3 rings (SSSR count). The van der Waals surface area contributed by atoms with Crippen molar-refractivity contribution in [3.63, 3.8) is 0 Å². The first-order valence-corrected chi connectivity index (χ1v) is 10.00. The van der Waals surface area contributed by atoms with Gasteiger partial charge in [-0.1, -0.05) is 25.1 Å². The van der Waals surface area contributed by atoms with Crippen LogP contribution in [0.3, 0.4) is 0 Å². The number of anilines is 2. The highest BCUT2D eigenvalue weighted by Gasteiger charge is 2.29. The molecule has 0 aliphatic carbocycles. The normalized spacial score (nSPS) is 13.6. The molecule has 0 radical (unpaired) electrons. The van der Waals surface area contributed by atoms with Crippen molar-refractivity contribution in [2.75, 3.05) is 23.4 Å². The minimum absolute atomic E-state index is 0.0751. The Balaban J connectivity index is 1.76. The van der Waals surface area contributed by atoms with E-state index < -0.39 is 41.5 Å². The Hall–Kier alpha value is -3.69. The summed E-state index contributed by atoms with van der Waals surface area (Å²) in [6.45, 7) is 1.55.